The lowest BCUT2D eigenvalue weighted by atomic mass is 10.1. The predicted octanol–water partition coefficient (Wildman–Crippen LogP) is 5.17. The third kappa shape index (κ3) is 4.88. The highest BCUT2D eigenvalue weighted by molar-refractivity contribution is 6.19. The summed E-state index contributed by atoms with van der Waals surface area (Å²) in [5.74, 6) is -9.96. The van der Waals surface area contributed by atoms with Gasteiger partial charge >= 0.3 is 12.4 Å². The van der Waals surface area contributed by atoms with E-state index in [-0.39, 0.29) is 17.5 Å². The molecule has 0 atom stereocenters. The van der Waals surface area contributed by atoms with Gasteiger partial charge in [-0.25, -0.2) is 22.9 Å². The first-order valence-corrected chi connectivity index (χ1v) is 9.70. The van der Waals surface area contributed by atoms with Crippen LogP contribution in [-0.2, 0) is 11.3 Å². The Balaban J connectivity index is 1.59. The molecule has 6 nitrogen and oxygen atoms in total. The number of hydrogen-bond donors (Lipinski definition) is 0. The molecule has 0 aliphatic carbocycles. The Bertz CT molecular complexity index is 1310. The largest absolute Gasteiger partial charge is 0.573 e. The summed E-state index contributed by atoms with van der Waals surface area (Å²) in [5, 5.41) is 0. The van der Waals surface area contributed by atoms with Gasteiger partial charge in [0, 0.05) is 24.4 Å². The average Bonchev–Trinajstić information content (AvgIpc) is 3.06. The number of ether oxygens (including phenoxy) is 1. The normalized spacial score (nSPS) is 14.1. The van der Waals surface area contributed by atoms with Gasteiger partial charge in [-0.3, -0.25) is 9.78 Å². The molecule has 0 radical (unpaired) electrons. The molecule has 13 heteroatoms. The summed E-state index contributed by atoms with van der Waals surface area (Å²) in [5.41, 5.74) is 0.253. The van der Waals surface area contributed by atoms with Gasteiger partial charge in [-0.1, -0.05) is 0 Å². The molecule has 0 unspecified atom stereocenters. The van der Waals surface area contributed by atoms with Gasteiger partial charge in [-0.05, 0) is 42.0 Å². The summed E-state index contributed by atoms with van der Waals surface area (Å²) >= 11 is 0. The Morgan fingerprint density at radius 3 is 2.29 bits per heavy atom. The third-order valence-electron chi connectivity index (χ3n) is 4.93. The zero-order valence-electron chi connectivity index (χ0n) is 17.2. The number of alkyl halides is 3. The zero-order valence-corrected chi connectivity index (χ0v) is 17.2. The summed E-state index contributed by atoms with van der Waals surface area (Å²) in [6, 6.07) is 7.38. The lowest BCUT2D eigenvalue weighted by Gasteiger charge is -2.19. The molecule has 1 aliphatic heterocycles. The van der Waals surface area contributed by atoms with E-state index in [4.69, 9.17) is 0 Å². The molecule has 3 aromatic rings. The van der Waals surface area contributed by atoms with Crippen LogP contribution in [0.25, 0.3) is 11.3 Å². The van der Waals surface area contributed by atoms with Crippen LogP contribution >= 0.6 is 0 Å². The Labute approximate surface area is 192 Å². The first kappa shape index (κ1) is 24.0. The Kier molecular flexibility index (Phi) is 6.09. The number of carbonyl (C=O) groups is 2. The van der Waals surface area contributed by atoms with Gasteiger partial charge in [-0.15, -0.1) is 13.2 Å². The first-order valence-electron chi connectivity index (χ1n) is 9.70. The molecular formula is C22H12F7N3O3. The monoisotopic (exact) mass is 499 g/mol. The summed E-state index contributed by atoms with van der Waals surface area (Å²) in [6.07, 6.45) is -4.11. The maximum Gasteiger partial charge on any atom is 0.573 e. The van der Waals surface area contributed by atoms with Gasteiger partial charge in [-0.2, -0.15) is 4.39 Å². The van der Waals surface area contributed by atoms with Crippen molar-refractivity contribution in [2.75, 3.05) is 11.4 Å². The number of nitrogens with zero attached hydrogens (tertiary/aromatic N) is 3. The van der Waals surface area contributed by atoms with E-state index in [1.54, 1.807) is 6.07 Å². The fourth-order valence-corrected chi connectivity index (χ4v) is 3.42. The van der Waals surface area contributed by atoms with Crippen LogP contribution in [-0.4, -0.2) is 34.7 Å². The molecule has 0 spiro atoms. The second-order valence-electron chi connectivity index (χ2n) is 7.31. The van der Waals surface area contributed by atoms with E-state index in [2.05, 4.69) is 9.72 Å². The number of aromatic nitrogens is 1. The van der Waals surface area contributed by atoms with Gasteiger partial charge in [0.05, 0.1) is 11.4 Å². The van der Waals surface area contributed by atoms with E-state index >= 15 is 0 Å². The van der Waals surface area contributed by atoms with Crippen LogP contribution in [0.4, 0.5) is 41.2 Å². The number of anilines is 1. The summed E-state index contributed by atoms with van der Waals surface area (Å²) in [6.45, 7) is -0.795. The molecule has 3 amide bonds. The molecule has 2 aromatic carbocycles. The van der Waals surface area contributed by atoms with Crippen LogP contribution in [0.3, 0.4) is 0 Å². The number of urea groups is 1. The van der Waals surface area contributed by atoms with Crippen LogP contribution in [0.1, 0.15) is 5.56 Å². The molecule has 182 valence electrons. The van der Waals surface area contributed by atoms with Gasteiger partial charge < -0.3 is 9.64 Å². The minimum absolute atomic E-state index is 0.0673. The molecule has 0 N–H and O–H groups in total. The quantitative estimate of drug-likeness (QED) is 0.276. The highest BCUT2D eigenvalue weighted by Gasteiger charge is 2.41. The van der Waals surface area contributed by atoms with E-state index in [9.17, 15) is 40.3 Å². The van der Waals surface area contributed by atoms with Gasteiger partial charge in [0.25, 0.3) is 5.91 Å². The molecule has 1 aliphatic rings. The van der Waals surface area contributed by atoms with Crippen LogP contribution in [0.2, 0.25) is 0 Å². The number of pyridine rings is 1. The standard InChI is InChI=1S/C22H12F7N3O3/c23-13-3-1-12(2-4-13)15-7-11(5-6-30-15)9-31-10-17(33)32(21(31)34)16-8-14(24)20(19(26)18(16)25)35-22(27,28)29/h1-8H,9-10H2. The number of benzene rings is 2. The lowest BCUT2D eigenvalue weighted by Crippen LogP contribution is -2.34. The van der Waals surface area contributed by atoms with Crippen LogP contribution in [0.15, 0.2) is 48.7 Å². The third-order valence-corrected chi connectivity index (χ3v) is 4.93. The van der Waals surface area contributed by atoms with Crippen molar-refractivity contribution in [3.8, 4) is 17.0 Å². The molecule has 4 rings (SSSR count). The fourth-order valence-electron chi connectivity index (χ4n) is 3.42. The van der Waals surface area contributed by atoms with Crippen LogP contribution < -0.4 is 9.64 Å². The van der Waals surface area contributed by atoms with E-state index in [1.165, 1.54) is 36.5 Å². The number of carbonyl (C=O) groups excluding carboxylic acids is 2. The van der Waals surface area contributed by atoms with Crippen molar-refractivity contribution >= 4 is 17.6 Å². The Hall–Kier alpha value is -4.16. The highest BCUT2D eigenvalue weighted by atomic mass is 19.4. The molecule has 1 aromatic heterocycles. The minimum Gasteiger partial charge on any atom is -0.399 e. The number of imide groups is 1. The van der Waals surface area contributed by atoms with Crippen molar-refractivity contribution in [3.05, 3.63) is 77.5 Å². The topological polar surface area (TPSA) is 62.7 Å². The Morgan fingerprint density at radius 1 is 0.943 bits per heavy atom. The van der Waals surface area contributed by atoms with Crippen molar-refractivity contribution < 1.29 is 45.1 Å². The second-order valence-corrected chi connectivity index (χ2v) is 7.31. The van der Waals surface area contributed by atoms with Crippen molar-refractivity contribution in [1.82, 2.24) is 9.88 Å². The molecule has 1 saturated heterocycles. The number of rotatable bonds is 5. The maximum absolute atomic E-state index is 14.5. The average molecular weight is 499 g/mol. The molecule has 2 heterocycles. The van der Waals surface area contributed by atoms with Crippen LogP contribution in [0, 0.1) is 23.3 Å². The molecular weight excluding hydrogens is 487 g/mol. The van der Waals surface area contributed by atoms with Crippen molar-refractivity contribution in [2.24, 2.45) is 0 Å². The second kappa shape index (κ2) is 8.89. The van der Waals surface area contributed by atoms with Crippen molar-refractivity contribution in [1.29, 1.82) is 0 Å². The summed E-state index contributed by atoms with van der Waals surface area (Å²) < 4.78 is 96.0. The number of amides is 3. The minimum atomic E-state index is -5.51. The Morgan fingerprint density at radius 2 is 1.63 bits per heavy atom. The highest BCUT2D eigenvalue weighted by Crippen LogP contribution is 2.36. The molecule has 1 fully saturated rings. The number of hydrogen-bond acceptors (Lipinski definition) is 4. The molecule has 35 heavy (non-hydrogen) atoms. The van der Waals surface area contributed by atoms with E-state index in [1.807, 2.05) is 0 Å². The lowest BCUT2D eigenvalue weighted by molar-refractivity contribution is -0.276. The van der Waals surface area contributed by atoms with Gasteiger partial charge in [0.1, 0.15) is 12.4 Å². The van der Waals surface area contributed by atoms with E-state index in [0.717, 1.165) is 4.90 Å². The molecule has 0 bridgehead atoms. The summed E-state index contributed by atoms with van der Waals surface area (Å²) in [7, 11) is 0. The van der Waals surface area contributed by atoms with Crippen molar-refractivity contribution in [3.63, 3.8) is 0 Å². The van der Waals surface area contributed by atoms with Gasteiger partial charge in [0.15, 0.2) is 11.6 Å². The molecule has 0 saturated carbocycles. The van der Waals surface area contributed by atoms with Crippen molar-refractivity contribution in [2.45, 2.75) is 12.9 Å². The van der Waals surface area contributed by atoms with E-state index < -0.39 is 59.6 Å². The smallest absolute Gasteiger partial charge is 0.399 e. The van der Waals surface area contributed by atoms with Crippen LogP contribution in [0.5, 0.6) is 5.75 Å². The van der Waals surface area contributed by atoms with E-state index in [0.29, 0.717) is 16.8 Å². The maximum atomic E-state index is 14.5. The SMILES string of the molecule is O=C1CN(Cc2ccnc(-c3ccc(F)cc3)c2)C(=O)N1c1cc(F)c(OC(F)(F)F)c(F)c1F. The predicted molar refractivity (Wildman–Crippen MR) is 106 cm³/mol. The first-order chi connectivity index (χ1) is 16.4. The number of halogens is 7. The fraction of sp³-hybridized carbons (Fsp3) is 0.136. The summed E-state index contributed by atoms with van der Waals surface area (Å²) in [4.78, 5) is 30.3. The van der Waals surface area contributed by atoms with Gasteiger partial charge in [0.2, 0.25) is 11.6 Å². The zero-order chi connectivity index (χ0) is 25.5.